The highest BCUT2D eigenvalue weighted by atomic mass is 79.9. The molecule has 27 heavy (non-hydrogen) atoms. The second-order valence-corrected chi connectivity index (χ2v) is 7.12. The molecule has 2 rings (SSSR count). The van der Waals surface area contributed by atoms with Crippen LogP contribution in [0, 0.1) is 18.3 Å². The van der Waals surface area contributed by atoms with E-state index in [-0.39, 0.29) is 24.8 Å². The van der Waals surface area contributed by atoms with Crippen molar-refractivity contribution in [1.82, 2.24) is 4.90 Å². The van der Waals surface area contributed by atoms with Crippen molar-refractivity contribution >= 4 is 39.1 Å². The van der Waals surface area contributed by atoms with Gasteiger partial charge < -0.3 is 10.6 Å². The van der Waals surface area contributed by atoms with Crippen LogP contribution in [0.1, 0.15) is 17.5 Å². The van der Waals surface area contributed by atoms with Crippen molar-refractivity contribution in [3.63, 3.8) is 0 Å². The number of rotatable bonds is 7. The van der Waals surface area contributed by atoms with Crippen LogP contribution in [0.2, 0.25) is 0 Å². The lowest BCUT2D eigenvalue weighted by atomic mass is 10.2. The van der Waals surface area contributed by atoms with Crippen LogP contribution in [0.15, 0.2) is 46.9 Å². The fourth-order valence-electron chi connectivity index (χ4n) is 2.48. The Morgan fingerprint density at radius 2 is 1.81 bits per heavy atom. The molecule has 0 fully saturated rings. The largest absolute Gasteiger partial charge is 0.325 e. The van der Waals surface area contributed by atoms with Crippen LogP contribution >= 0.6 is 15.9 Å². The predicted octanol–water partition coefficient (Wildman–Crippen LogP) is 3.53. The first-order valence-corrected chi connectivity index (χ1v) is 9.22. The molecule has 0 saturated carbocycles. The summed E-state index contributed by atoms with van der Waals surface area (Å²) in [6, 6.07) is 14.5. The average Bonchev–Trinajstić information content (AvgIpc) is 2.63. The smallest absolute Gasteiger partial charge is 0.238 e. The third-order valence-corrected chi connectivity index (χ3v) is 4.41. The van der Waals surface area contributed by atoms with Gasteiger partial charge in [-0.2, -0.15) is 5.26 Å². The highest BCUT2D eigenvalue weighted by molar-refractivity contribution is 9.10. The molecule has 0 aliphatic carbocycles. The highest BCUT2D eigenvalue weighted by Gasteiger charge is 2.11. The van der Waals surface area contributed by atoms with Gasteiger partial charge in [-0.1, -0.05) is 28.1 Å². The van der Waals surface area contributed by atoms with E-state index >= 15 is 0 Å². The van der Waals surface area contributed by atoms with E-state index in [9.17, 15) is 9.59 Å². The maximum Gasteiger partial charge on any atom is 0.238 e. The Labute approximate surface area is 167 Å². The van der Waals surface area contributed by atoms with Gasteiger partial charge in [-0.25, -0.2) is 0 Å². The molecular formula is C20H21BrN4O2. The number of halogens is 1. The van der Waals surface area contributed by atoms with Crippen molar-refractivity contribution < 1.29 is 9.59 Å². The second-order valence-electron chi connectivity index (χ2n) is 6.20. The lowest BCUT2D eigenvalue weighted by Crippen LogP contribution is -2.32. The van der Waals surface area contributed by atoms with E-state index in [0.29, 0.717) is 17.8 Å². The van der Waals surface area contributed by atoms with E-state index in [1.807, 2.05) is 31.2 Å². The van der Waals surface area contributed by atoms with Crippen molar-refractivity contribution in [3.05, 3.63) is 58.1 Å². The monoisotopic (exact) mass is 428 g/mol. The van der Waals surface area contributed by atoms with Crippen molar-refractivity contribution in [2.75, 3.05) is 30.8 Å². The van der Waals surface area contributed by atoms with Crippen LogP contribution in [-0.2, 0) is 9.59 Å². The number of benzene rings is 2. The van der Waals surface area contributed by atoms with Crippen LogP contribution < -0.4 is 10.6 Å². The summed E-state index contributed by atoms with van der Waals surface area (Å²) >= 11 is 3.39. The number of nitriles is 1. The lowest BCUT2D eigenvalue weighted by molar-refractivity contribution is -0.119. The second kappa shape index (κ2) is 9.86. The molecule has 140 valence electrons. The zero-order chi connectivity index (χ0) is 19.8. The van der Waals surface area contributed by atoms with Crippen LogP contribution in [0.5, 0.6) is 0 Å². The molecule has 0 unspecified atom stereocenters. The molecule has 0 spiro atoms. The van der Waals surface area contributed by atoms with Crippen LogP contribution in [0.25, 0.3) is 0 Å². The van der Waals surface area contributed by atoms with Crippen LogP contribution in [0.3, 0.4) is 0 Å². The molecule has 0 aliphatic heterocycles. The van der Waals surface area contributed by atoms with Gasteiger partial charge in [0, 0.05) is 23.1 Å². The number of nitrogens with zero attached hydrogens (tertiary/aromatic N) is 2. The summed E-state index contributed by atoms with van der Waals surface area (Å²) in [7, 11) is 1.78. The van der Waals surface area contributed by atoms with Gasteiger partial charge in [-0.15, -0.1) is 0 Å². The van der Waals surface area contributed by atoms with Crippen molar-refractivity contribution in [1.29, 1.82) is 5.26 Å². The van der Waals surface area contributed by atoms with Gasteiger partial charge in [0.1, 0.15) is 6.07 Å². The average molecular weight is 429 g/mol. The number of hydrogen-bond donors (Lipinski definition) is 2. The number of hydrogen-bond acceptors (Lipinski definition) is 4. The molecule has 0 saturated heterocycles. The quantitative estimate of drug-likeness (QED) is 0.705. The minimum Gasteiger partial charge on any atom is -0.325 e. The zero-order valence-corrected chi connectivity index (χ0v) is 16.8. The molecule has 0 atom stereocenters. The number of carbonyl (C=O) groups excluding carboxylic acids is 2. The first-order chi connectivity index (χ1) is 12.9. The van der Waals surface area contributed by atoms with E-state index in [4.69, 9.17) is 5.26 Å². The van der Waals surface area contributed by atoms with Crippen LogP contribution in [-0.4, -0.2) is 36.9 Å². The Morgan fingerprint density at radius 3 is 2.52 bits per heavy atom. The van der Waals surface area contributed by atoms with E-state index in [2.05, 4.69) is 26.6 Å². The standard InChI is InChI=1S/C20H21BrN4O2/c1-14-11-16(21)7-8-17(14)23-20(27)13-25(2)10-9-19(26)24-18-6-4-3-5-15(18)12-22/h3-8,11H,9-10,13H2,1-2H3,(H,23,27)(H,24,26). The Balaban J connectivity index is 1.79. The molecule has 2 aromatic rings. The number of aryl methyl sites for hydroxylation is 1. The Morgan fingerprint density at radius 1 is 1.11 bits per heavy atom. The van der Waals surface area contributed by atoms with Crippen molar-refractivity contribution in [2.24, 2.45) is 0 Å². The summed E-state index contributed by atoms with van der Waals surface area (Å²) in [5.74, 6) is -0.341. The fourth-order valence-corrected chi connectivity index (χ4v) is 2.95. The molecule has 2 aromatic carbocycles. The zero-order valence-electron chi connectivity index (χ0n) is 15.3. The van der Waals surface area contributed by atoms with E-state index in [0.717, 1.165) is 15.7 Å². The third-order valence-electron chi connectivity index (χ3n) is 3.92. The molecule has 7 heteroatoms. The molecule has 0 aliphatic rings. The fraction of sp³-hybridized carbons (Fsp3) is 0.250. The summed E-state index contributed by atoms with van der Waals surface area (Å²) in [5, 5.41) is 14.7. The molecule has 6 nitrogen and oxygen atoms in total. The number of likely N-dealkylation sites (N-methyl/N-ethyl adjacent to an activating group) is 1. The number of carbonyl (C=O) groups is 2. The van der Waals surface area contributed by atoms with Gasteiger partial charge in [0.25, 0.3) is 0 Å². The van der Waals surface area contributed by atoms with Gasteiger partial charge in [0.05, 0.1) is 17.8 Å². The van der Waals surface area contributed by atoms with E-state index in [1.54, 1.807) is 36.2 Å². The molecule has 2 amide bonds. The lowest BCUT2D eigenvalue weighted by Gasteiger charge is -2.17. The molecule has 2 N–H and O–H groups in total. The van der Waals surface area contributed by atoms with Gasteiger partial charge in [-0.05, 0) is 49.9 Å². The van der Waals surface area contributed by atoms with Crippen LogP contribution in [0.4, 0.5) is 11.4 Å². The normalized spacial score (nSPS) is 10.3. The maximum atomic E-state index is 12.2. The Hall–Kier alpha value is -2.69. The summed E-state index contributed by atoms with van der Waals surface area (Å²) < 4.78 is 0.958. The first kappa shape index (κ1) is 20.6. The minimum atomic E-state index is -0.200. The van der Waals surface area contributed by atoms with Gasteiger partial charge >= 0.3 is 0 Å². The van der Waals surface area contributed by atoms with Gasteiger partial charge in [0.15, 0.2) is 0 Å². The maximum absolute atomic E-state index is 12.2. The molecule has 0 aromatic heterocycles. The number of para-hydroxylation sites is 1. The van der Waals surface area contributed by atoms with Crippen molar-refractivity contribution in [3.8, 4) is 6.07 Å². The number of amides is 2. The van der Waals surface area contributed by atoms with Gasteiger partial charge in [-0.3, -0.25) is 14.5 Å². The Kier molecular flexibility index (Phi) is 7.53. The number of anilines is 2. The van der Waals surface area contributed by atoms with E-state index < -0.39 is 0 Å². The van der Waals surface area contributed by atoms with Gasteiger partial charge in [0.2, 0.25) is 11.8 Å². The highest BCUT2D eigenvalue weighted by Crippen LogP contribution is 2.20. The summed E-state index contributed by atoms with van der Waals surface area (Å²) in [4.78, 5) is 26.0. The molecule has 0 radical (unpaired) electrons. The first-order valence-electron chi connectivity index (χ1n) is 8.42. The molecule has 0 bridgehead atoms. The third kappa shape index (κ3) is 6.51. The van der Waals surface area contributed by atoms with Crippen molar-refractivity contribution in [2.45, 2.75) is 13.3 Å². The summed E-state index contributed by atoms with van der Waals surface area (Å²) in [6.45, 7) is 2.53. The summed E-state index contributed by atoms with van der Waals surface area (Å²) in [5.41, 5.74) is 2.65. The minimum absolute atomic E-state index is 0.141. The molecule has 0 heterocycles. The Bertz CT molecular complexity index is 877. The van der Waals surface area contributed by atoms with E-state index in [1.165, 1.54) is 0 Å². The number of nitrogens with one attached hydrogen (secondary N) is 2. The molecular weight excluding hydrogens is 408 g/mol. The SMILES string of the molecule is Cc1cc(Br)ccc1NC(=O)CN(C)CCC(=O)Nc1ccccc1C#N. The topological polar surface area (TPSA) is 85.2 Å². The predicted molar refractivity (Wildman–Crippen MR) is 109 cm³/mol. The summed E-state index contributed by atoms with van der Waals surface area (Å²) in [6.07, 6.45) is 0.223.